The fourth-order valence-electron chi connectivity index (χ4n) is 0.379. The molecule has 34 valence electrons. The lowest BCUT2D eigenvalue weighted by Gasteiger charge is -1.68. The fourth-order valence-corrected chi connectivity index (χ4v) is 0.379. The Bertz CT molecular complexity index is 128. The molecular weight excluding hydrogens is 88.1 g/mol. The summed E-state index contributed by atoms with van der Waals surface area (Å²) in [6.45, 7) is 7.06. The van der Waals surface area contributed by atoms with E-state index in [4.69, 9.17) is 0 Å². The molecule has 2 heteroatoms. The predicted octanol–water partition coefficient (Wildman–Crippen LogP) is 1.68. The van der Waals surface area contributed by atoms with E-state index in [1.54, 1.807) is 6.42 Å². The molecule has 0 saturated heterocycles. The molecule has 1 aliphatic heterocycles. The molecule has 0 amide bonds. The van der Waals surface area contributed by atoms with Crippen molar-refractivity contribution in [1.29, 1.82) is 0 Å². The molecule has 0 spiro atoms. The van der Waals surface area contributed by atoms with Crippen LogP contribution in [0.5, 0.6) is 0 Å². The molecule has 0 atom stereocenters. The van der Waals surface area contributed by atoms with Gasteiger partial charge in [-0.25, -0.2) is 0 Å². The van der Waals surface area contributed by atoms with E-state index in [0.717, 1.165) is 0 Å². The Labute approximate surface area is 42.3 Å². The third-order valence-corrected chi connectivity index (χ3v) is 0.640. The van der Waals surface area contributed by atoms with Gasteiger partial charge >= 0.3 is 0 Å². The standard InChI is InChI=1S/C5H5N2/c1-4-3-5(2)7-6-4/h3H,1-2H2/q+1. The van der Waals surface area contributed by atoms with Crippen LogP contribution in [0.15, 0.2) is 34.8 Å². The molecule has 0 fully saturated rings. The third-order valence-electron chi connectivity index (χ3n) is 0.640. The van der Waals surface area contributed by atoms with Crippen molar-refractivity contribution in [3.63, 3.8) is 0 Å². The Hall–Kier alpha value is -1.05. The van der Waals surface area contributed by atoms with E-state index in [0.29, 0.717) is 11.4 Å². The van der Waals surface area contributed by atoms with Gasteiger partial charge in [0.25, 0.3) is 0 Å². The molecule has 0 bridgehead atoms. The van der Waals surface area contributed by atoms with Crippen LogP contribution >= 0.6 is 0 Å². The van der Waals surface area contributed by atoms with Gasteiger partial charge in [-0.2, -0.15) is 0 Å². The molecule has 0 unspecified atom stereocenters. The van der Waals surface area contributed by atoms with Crippen molar-refractivity contribution in [2.75, 3.05) is 0 Å². The number of rotatable bonds is 0. The van der Waals surface area contributed by atoms with Crippen LogP contribution in [-0.4, -0.2) is 0 Å². The Morgan fingerprint density at radius 2 is 1.57 bits per heavy atom. The highest BCUT2D eigenvalue weighted by molar-refractivity contribution is 5.26. The fraction of sp³-hybridized carbons (Fsp3) is 0. The van der Waals surface area contributed by atoms with Crippen LogP contribution < -0.4 is 0 Å². The van der Waals surface area contributed by atoms with Gasteiger partial charge in [-0.3, -0.25) is 0 Å². The Morgan fingerprint density at radius 3 is 1.71 bits per heavy atom. The van der Waals surface area contributed by atoms with Crippen molar-refractivity contribution in [3.8, 4) is 0 Å². The third kappa shape index (κ3) is 0.682. The van der Waals surface area contributed by atoms with Gasteiger partial charge in [0, 0.05) is 13.2 Å². The maximum absolute atomic E-state index is 3.59. The number of hydrogen-bond acceptors (Lipinski definition) is 2. The van der Waals surface area contributed by atoms with Crippen molar-refractivity contribution in [3.05, 3.63) is 31.0 Å². The van der Waals surface area contributed by atoms with Gasteiger partial charge < -0.3 is 0 Å². The van der Waals surface area contributed by atoms with Crippen LogP contribution in [0.25, 0.3) is 0 Å². The molecule has 1 heterocycles. The minimum atomic E-state index is 0.685. The molecule has 0 aliphatic carbocycles. The quantitative estimate of drug-likeness (QED) is 0.407. The zero-order valence-corrected chi connectivity index (χ0v) is 3.89. The molecule has 0 aromatic heterocycles. The zero-order valence-electron chi connectivity index (χ0n) is 3.89. The summed E-state index contributed by atoms with van der Waals surface area (Å²) in [7, 11) is 0. The molecular formula is C5H5N2+. The average molecular weight is 93.1 g/mol. The summed E-state index contributed by atoms with van der Waals surface area (Å²) in [6, 6.07) is 0. The van der Waals surface area contributed by atoms with Crippen LogP contribution in [0, 0.1) is 6.42 Å². The highest BCUT2D eigenvalue weighted by Gasteiger charge is 2.10. The molecule has 1 aliphatic rings. The zero-order chi connectivity index (χ0) is 5.28. The first-order chi connectivity index (χ1) is 3.29. The average Bonchev–Trinajstić information content (AvgIpc) is 1.87. The number of hydrogen-bond donors (Lipinski definition) is 0. The van der Waals surface area contributed by atoms with Crippen molar-refractivity contribution < 1.29 is 0 Å². The second-order valence-electron chi connectivity index (χ2n) is 1.33. The van der Waals surface area contributed by atoms with Crippen molar-refractivity contribution >= 4 is 0 Å². The van der Waals surface area contributed by atoms with Crippen LogP contribution in [-0.2, 0) is 0 Å². The normalized spacial score (nSPS) is 17.7. The molecule has 0 aromatic rings. The summed E-state index contributed by atoms with van der Waals surface area (Å²) in [4.78, 5) is 0. The summed E-state index contributed by atoms with van der Waals surface area (Å²) in [5.74, 6) is 0. The Morgan fingerprint density at radius 1 is 1.14 bits per heavy atom. The van der Waals surface area contributed by atoms with Crippen LogP contribution in [0.1, 0.15) is 0 Å². The maximum atomic E-state index is 3.59. The highest BCUT2D eigenvalue weighted by atomic mass is 15.1. The van der Waals surface area contributed by atoms with Crippen LogP contribution in [0.4, 0.5) is 0 Å². The number of azo groups is 1. The van der Waals surface area contributed by atoms with Gasteiger partial charge in [-0.05, 0) is 0 Å². The predicted molar refractivity (Wildman–Crippen MR) is 27.4 cm³/mol. The first-order valence-electron chi connectivity index (χ1n) is 1.93. The molecule has 0 radical (unpaired) electrons. The first kappa shape index (κ1) is 4.12. The van der Waals surface area contributed by atoms with Crippen molar-refractivity contribution in [1.82, 2.24) is 0 Å². The van der Waals surface area contributed by atoms with E-state index in [2.05, 4.69) is 23.4 Å². The Kier molecular flexibility index (Phi) is 0.719. The molecule has 1 rings (SSSR count). The minimum absolute atomic E-state index is 0.685. The van der Waals surface area contributed by atoms with Gasteiger partial charge in [0.2, 0.25) is 0 Å². The van der Waals surface area contributed by atoms with Gasteiger partial charge in [0.05, 0.1) is 6.42 Å². The molecule has 0 aromatic carbocycles. The van der Waals surface area contributed by atoms with Gasteiger partial charge in [-0.15, -0.1) is 10.2 Å². The second-order valence-corrected chi connectivity index (χ2v) is 1.33. The monoisotopic (exact) mass is 93.0 g/mol. The van der Waals surface area contributed by atoms with E-state index in [1.807, 2.05) is 0 Å². The Balaban J connectivity index is 2.76. The minimum Gasteiger partial charge on any atom is -0.119 e. The van der Waals surface area contributed by atoms with Crippen LogP contribution in [0.3, 0.4) is 0 Å². The number of nitrogens with zero attached hydrogens (tertiary/aromatic N) is 2. The largest absolute Gasteiger partial charge is 0.187 e. The summed E-state index contributed by atoms with van der Waals surface area (Å²) in [6.07, 6.45) is 1.72. The summed E-state index contributed by atoms with van der Waals surface area (Å²) < 4.78 is 0. The van der Waals surface area contributed by atoms with Gasteiger partial charge in [0.1, 0.15) is 0 Å². The smallest absolute Gasteiger partial charge is 0.119 e. The lowest BCUT2D eigenvalue weighted by Crippen LogP contribution is -1.66. The van der Waals surface area contributed by atoms with Crippen LogP contribution in [0.2, 0.25) is 0 Å². The van der Waals surface area contributed by atoms with Gasteiger partial charge in [0.15, 0.2) is 11.4 Å². The highest BCUT2D eigenvalue weighted by Crippen LogP contribution is 2.16. The molecule has 2 nitrogen and oxygen atoms in total. The first-order valence-corrected chi connectivity index (χ1v) is 1.93. The van der Waals surface area contributed by atoms with E-state index in [9.17, 15) is 0 Å². The molecule has 7 heavy (non-hydrogen) atoms. The van der Waals surface area contributed by atoms with E-state index in [-0.39, 0.29) is 0 Å². The lowest BCUT2D eigenvalue weighted by molar-refractivity contribution is 1.24. The van der Waals surface area contributed by atoms with Crippen molar-refractivity contribution in [2.45, 2.75) is 0 Å². The summed E-state index contributed by atoms with van der Waals surface area (Å²) >= 11 is 0. The van der Waals surface area contributed by atoms with E-state index >= 15 is 0 Å². The SMILES string of the molecule is C=C1[CH+]C(=C)N=N1. The summed E-state index contributed by atoms with van der Waals surface area (Å²) in [5.41, 5.74) is 1.37. The van der Waals surface area contributed by atoms with E-state index in [1.165, 1.54) is 0 Å². The second kappa shape index (κ2) is 1.22. The van der Waals surface area contributed by atoms with Crippen molar-refractivity contribution in [2.24, 2.45) is 10.2 Å². The maximum Gasteiger partial charge on any atom is 0.187 e. The van der Waals surface area contributed by atoms with E-state index < -0.39 is 0 Å². The lowest BCUT2D eigenvalue weighted by atomic mass is 10.3. The van der Waals surface area contributed by atoms with Gasteiger partial charge in [-0.1, -0.05) is 0 Å². The molecule has 0 N–H and O–H groups in total. The topological polar surface area (TPSA) is 24.7 Å². The summed E-state index contributed by atoms with van der Waals surface area (Å²) in [5, 5.41) is 7.19. The molecule has 0 saturated carbocycles.